The van der Waals surface area contributed by atoms with Crippen LogP contribution in [-0.2, 0) is 19.6 Å². The Morgan fingerprint density at radius 2 is 2.00 bits per heavy atom. The molecule has 0 aliphatic heterocycles. The number of benzene rings is 2. The Morgan fingerprint density at radius 3 is 2.69 bits per heavy atom. The maximum atomic E-state index is 12.5. The smallest absolute Gasteiger partial charge is 0.321 e. The molecule has 0 fully saturated rings. The minimum absolute atomic E-state index is 0.251. The molecule has 2 aromatic carbocycles. The average molecular weight is 390 g/mol. The lowest BCUT2D eigenvalue weighted by Crippen LogP contribution is -2.31. The van der Waals surface area contributed by atoms with E-state index >= 15 is 0 Å². The zero-order chi connectivity index (χ0) is 20.6. The van der Waals surface area contributed by atoms with Crippen LogP contribution in [0.3, 0.4) is 0 Å². The Bertz CT molecular complexity index is 1010. The molecule has 0 radical (unpaired) electrons. The van der Waals surface area contributed by atoms with Crippen molar-refractivity contribution in [2.24, 2.45) is 0 Å². The number of amides is 2. The SMILES string of the molecule is Cc1cc(CN(C)C(=O)Nc2ccccc2COc2ccc(CC#N)cc2)no1. The van der Waals surface area contributed by atoms with Crippen LogP contribution in [0.4, 0.5) is 10.5 Å². The number of carbonyl (C=O) groups excluding carboxylic acids is 1. The van der Waals surface area contributed by atoms with Gasteiger partial charge in [0.25, 0.3) is 0 Å². The number of hydrogen-bond donors (Lipinski definition) is 1. The van der Waals surface area contributed by atoms with Gasteiger partial charge in [0.15, 0.2) is 0 Å². The van der Waals surface area contributed by atoms with Crippen molar-refractivity contribution in [2.45, 2.75) is 26.5 Å². The van der Waals surface area contributed by atoms with Gasteiger partial charge in [0, 0.05) is 24.4 Å². The van der Waals surface area contributed by atoms with Crippen LogP contribution in [0.5, 0.6) is 5.75 Å². The third kappa shape index (κ3) is 5.59. The van der Waals surface area contributed by atoms with Gasteiger partial charge in [-0.25, -0.2) is 4.79 Å². The van der Waals surface area contributed by atoms with Gasteiger partial charge in [-0.3, -0.25) is 0 Å². The van der Waals surface area contributed by atoms with Crippen molar-refractivity contribution >= 4 is 11.7 Å². The normalized spacial score (nSPS) is 10.2. The quantitative estimate of drug-likeness (QED) is 0.650. The van der Waals surface area contributed by atoms with E-state index in [-0.39, 0.29) is 6.03 Å². The van der Waals surface area contributed by atoms with E-state index in [0.29, 0.717) is 42.5 Å². The number of hydrogen-bond acceptors (Lipinski definition) is 5. The molecular weight excluding hydrogens is 368 g/mol. The third-order valence-corrected chi connectivity index (χ3v) is 4.28. The summed E-state index contributed by atoms with van der Waals surface area (Å²) < 4.78 is 10.9. The minimum atomic E-state index is -0.251. The van der Waals surface area contributed by atoms with Gasteiger partial charge >= 0.3 is 6.03 Å². The van der Waals surface area contributed by atoms with Crippen LogP contribution in [0.1, 0.15) is 22.6 Å². The number of carbonyl (C=O) groups is 1. The van der Waals surface area contributed by atoms with Gasteiger partial charge in [-0.05, 0) is 30.7 Å². The number of urea groups is 1. The van der Waals surface area contributed by atoms with Gasteiger partial charge in [-0.2, -0.15) is 5.26 Å². The minimum Gasteiger partial charge on any atom is -0.489 e. The molecule has 0 atom stereocenters. The molecule has 3 rings (SSSR count). The van der Waals surface area contributed by atoms with Crippen LogP contribution >= 0.6 is 0 Å². The summed E-state index contributed by atoms with van der Waals surface area (Å²) >= 11 is 0. The molecule has 29 heavy (non-hydrogen) atoms. The molecule has 7 heteroatoms. The predicted octanol–water partition coefficient (Wildman–Crippen LogP) is 4.29. The molecule has 0 spiro atoms. The Hall–Kier alpha value is -3.79. The summed E-state index contributed by atoms with van der Waals surface area (Å²) in [5.41, 5.74) is 3.17. The van der Waals surface area contributed by atoms with Crippen LogP contribution in [0.2, 0.25) is 0 Å². The Labute approximate surface area is 169 Å². The number of aromatic nitrogens is 1. The average Bonchev–Trinajstić information content (AvgIpc) is 3.13. The Kier molecular flexibility index (Phi) is 6.48. The molecule has 1 aromatic heterocycles. The molecular formula is C22H22N4O3. The van der Waals surface area contributed by atoms with Gasteiger partial charge < -0.3 is 19.5 Å². The number of ether oxygens (including phenoxy) is 1. The Balaban J connectivity index is 1.60. The highest BCUT2D eigenvalue weighted by molar-refractivity contribution is 5.89. The number of aryl methyl sites for hydroxylation is 1. The molecule has 0 bridgehead atoms. The summed E-state index contributed by atoms with van der Waals surface area (Å²) in [7, 11) is 1.70. The molecule has 7 nitrogen and oxygen atoms in total. The standard InChI is InChI=1S/C22H22N4O3/c1-16-13-19(25-29-16)14-26(2)22(27)24-21-6-4-3-5-18(21)15-28-20-9-7-17(8-10-20)11-12-23/h3-10,13H,11,14-15H2,1-2H3,(H,24,27). The third-order valence-electron chi connectivity index (χ3n) is 4.28. The zero-order valence-electron chi connectivity index (χ0n) is 16.4. The van der Waals surface area contributed by atoms with Crippen LogP contribution in [0.15, 0.2) is 59.1 Å². The molecule has 3 aromatic rings. The van der Waals surface area contributed by atoms with Crippen molar-refractivity contribution < 1.29 is 14.1 Å². The first-order chi connectivity index (χ1) is 14.0. The van der Waals surface area contributed by atoms with Crippen LogP contribution in [0.25, 0.3) is 0 Å². The number of rotatable bonds is 7. The fraction of sp³-hybridized carbons (Fsp3) is 0.227. The van der Waals surface area contributed by atoms with E-state index < -0.39 is 0 Å². The molecule has 0 aliphatic rings. The lowest BCUT2D eigenvalue weighted by molar-refractivity contribution is 0.219. The highest BCUT2D eigenvalue weighted by Gasteiger charge is 2.13. The van der Waals surface area contributed by atoms with E-state index in [9.17, 15) is 4.79 Å². The van der Waals surface area contributed by atoms with Gasteiger partial charge in [0.1, 0.15) is 23.8 Å². The number of anilines is 1. The molecule has 0 unspecified atom stereocenters. The number of nitriles is 1. The predicted molar refractivity (Wildman–Crippen MR) is 108 cm³/mol. The van der Waals surface area contributed by atoms with Crippen LogP contribution in [0, 0.1) is 18.3 Å². The maximum Gasteiger partial charge on any atom is 0.321 e. The summed E-state index contributed by atoms with van der Waals surface area (Å²) in [6, 6.07) is 18.6. The Morgan fingerprint density at radius 1 is 1.24 bits per heavy atom. The fourth-order valence-electron chi connectivity index (χ4n) is 2.74. The number of nitrogens with zero attached hydrogens (tertiary/aromatic N) is 3. The summed E-state index contributed by atoms with van der Waals surface area (Å²) in [6.07, 6.45) is 0.372. The van der Waals surface area contributed by atoms with Crippen molar-refractivity contribution in [1.82, 2.24) is 10.1 Å². The number of nitrogens with one attached hydrogen (secondary N) is 1. The molecule has 0 saturated heterocycles. The first kappa shape index (κ1) is 20.0. The summed E-state index contributed by atoms with van der Waals surface area (Å²) in [5.74, 6) is 1.41. The van der Waals surface area contributed by atoms with E-state index in [1.807, 2.05) is 55.5 Å². The second-order valence-corrected chi connectivity index (χ2v) is 6.64. The van der Waals surface area contributed by atoms with Crippen molar-refractivity contribution in [1.29, 1.82) is 5.26 Å². The fourth-order valence-corrected chi connectivity index (χ4v) is 2.74. The summed E-state index contributed by atoms with van der Waals surface area (Å²) in [4.78, 5) is 14.1. The van der Waals surface area contributed by atoms with E-state index in [1.165, 1.54) is 4.90 Å². The lowest BCUT2D eigenvalue weighted by atomic mass is 10.1. The van der Waals surface area contributed by atoms with Crippen molar-refractivity contribution in [2.75, 3.05) is 12.4 Å². The highest BCUT2D eigenvalue weighted by atomic mass is 16.5. The second kappa shape index (κ2) is 9.42. The highest BCUT2D eigenvalue weighted by Crippen LogP contribution is 2.20. The molecule has 1 heterocycles. The molecule has 0 saturated carbocycles. The maximum absolute atomic E-state index is 12.5. The molecule has 0 aliphatic carbocycles. The van der Waals surface area contributed by atoms with E-state index in [2.05, 4.69) is 16.5 Å². The monoisotopic (exact) mass is 390 g/mol. The summed E-state index contributed by atoms with van der Waals surface area (Å²) in [6.45, 7) is 2.46. The molecule has 148 valence electrons. The van der Waals surface area contributed by atoms with Crippen LogP contribution in [-0.4, -0.2) is 23.1 Å². The van der Waals surface area contributed by atoms with E-state index in [0.717, 1.165) is 11.1 Å². The first-order valence-electron chi connectivity index (χ1n) is 9.16. The summed E-state index contributed by atoms with van der Waals surface area (Å²) in [5, 5.41) is 15.6. The van der Waals surface area contributed by atoms with Crippen LogP contribution < -0.4 is 10.1 Å². The van der Waals surface area contributed by atoms with E-state index in [4.69, 9.17) is 14.5 Å². The second-order valence-electron chi connectivity index (χ2n) is 6.64. The first-order valence-corrected chi connectivity index (χ1v) is 9.16. The number of para-hydroxylation sites is 1. The molecule has 1 N–H and O–H groups in total. The zero-order valence-corrected chi connectivity index (χ0v) is 16.4. The van der Waals surface area contributed by atoms with Crippen molar-refractivity contribution in [3.63, 3.8) is 0 Å². The van der Waals surface area contributed by atoms with Gasteiger partial charge in [-0.15, -0.1) is 0 Å². The van der Waals surface area contributed by atoms with E-state index in [1.54, 1.807) is 13.1 Å². The van der Waals surface area contributed by atoms with Gasteiger partial charge in [0.05, 0.1) is 19.0 Å². The van der Waals surface area contributed by atoms with Crippen molar-refractivity contribution in [3.05, 3.63) is 77.2 Å². The molecule has 2 amide bonds. The topological polar surface area (TPSA) is 91.4 Å². The largest absolute Gasteiger partial charge is 0.489 e. The van der Waals surface area contributed by atoms with Gasteiger partial charge in [0.2, 0.25) is 0 Å². The lowest BCUT2D eigenvalue weighted by Gasteiger charge is -2.18. The van der Waals surface area contributed by atoms with Gasteiger partial charge in [-0.1, -0.05) is 35.5 Å². The van der Waals surface area contributed by atoms with Crippen molar-refractivity contribution in [3.8, 4) is 11.8 Å².